The van der Waals surface area contributed by atoms with E-state index in [1.54, 1.807) is 25.3 Å². The molecule has 1 aromatic carbocycles. The molecule has 0 spiro atoms. The maximum Gasteiger partial charge on any atom is 0.251 e. The van der Waals surface area contributed by atoms with Crippen LogP contribution in [0.25, 0.3) is 0 Å². The molecule has 0 saturated carbocycles. The average molecular weight is 208 g/mol. The number of nitrogens with one attached hydrogen (secondary N) is 1. The summed E-state index contributed by atoms with van der Waals surface area (Å²) >= 11 is 0. The molecule has 1 amide bonds. The summed E-state index contributed by atoms with van der Waals surface area (Å²) in [7, 11) is 3.08. The first-order valence-corrected chi connectivity index (χ1v) is 4.52. The molecule has 0 fully saturated rings. The zero-order valence-electron chi connectivity index (χ0n) is 8.87. The van der Waals surface area contributed by atoms with Gasteiger partial charge in [0.2, 0.25) is 0 Å². The van der Waals surface area contributed by atoms with E-state index in [1.165, 1.54) is 7.11 Å². The van der Waals surface area contributed by atoms with Crippen LogP contribution >= 0.6 is 0 Å². The molecule has 4 heteroatoms. The Morgan fingerprint density at radius 3 is 2.53 bits per heavy atom. The number of amides is 1. The maximum atomic E-state index is 11.5. The number of benzene rings is 1. The van der Waals surface area contributed by atoms with E-state index in [4.69, 9.17) is 9.47 Å². The highest BCUT2D eigenvalue weighted by Crippen LogP contribution is 2.27. The molecule has 4 nitrogen and oxygen atoms in total. The standard InChI is InChI=1S/C11H14NO3/c1-4-12-11(13)8-5-6-9(14-2)10(7-8)15-3/h5-7H,1,4H2,2-3H3,(H,12,13). The quantitative estimate of drug-likeness (QED) is 0.810. The highest BCUT2D eigenvalue weighted by Gasteiger charge is 2.09. The number of hydrogen-bond donors (Lipinski definition) is 1. The molecule has 15 heavy (non-hydrogen) atoms. The summed E-state index contributed by atoms with van der Waals surface area (Å²) < 4.78 is 10.1. The van der Waals surface area contributed by atoms with Crippen molar-refractivity contribution in [2.45, 2.75) is 0 Å². The fourth-order valence-corrected chi connectivity index (χ4v) is 1.19. The van der Waals surface area contributed by atoms with E-state index in [1.807, 2.05) is 0 Å². The minimum atomic E-state index is -0.175. The Labute approximate surface area is 89.2 Å². The van der Waals surface area contributed by atoms with Gasteiger partial charge in [-0.25, -0.2) is 0 Å². The van der Waals surface area contributed by atoms with Crippen molar-refractivity contribution in [1.82, 2.24) is 5.32 Å². The van der Waals surface area contributed by atoms with Crippen molar-refractivity contribution in [3.8, 4) is 11.5 Å². The van der Waals surface area contributed by atoms with Crippen molar-refractivity contribution in [2.75, 3.05) is 20.8 Å². The number of carbonyl (C=O) groups is 1. The van der Waals surface area contributed by atoms with Crippen LogP contribution in [0.4, 0.5) is 0 Å². The second-order valence-corrected chi connectivity index (χ2v) is 2.83. The molecule has 0 heterocycles. The molecule has 0 saturated heterocycles. The third kappa shape index (κ3) is 2.62. The van der Waals surface area contributed by atoms with Gasteiger partial charge in [0, 0.05) is 12.1 Å². The van der Waals surface area contributed by atoms with Gasteiger partial charge in [0.05, 0.1) is 14.2 Å². The highest BCUT2D eigenvalue weighted by molar-refractivity contribution is 5.94. The maximum absolute atomic E-state index is 11.5. The Kier molecular flexibility index (Phi) is 3.97. The van der Waals surface area contributed by atoms with E-state index in [2.05, 4.69) is 12.2 Å². The Bertz CT molecular complexity index is 350. The van der Waals surface area contributed by atoms with Gasteiger partial charge in [-0.05, 0) is 25.1 Å². The minimum absolute atomic E-state index is 0.175. The van der Waals surface area contributed by atoms with Crippen molar-refractivity contribution in [3.05, 3.63) is 30.7 Å². The first kappa shape index (κ1) is 11.4. The van der Waals surface area contributed by atoms with Gasteiger partial charge < -0.3 is 14.8 Å². The topological polar surface area (TPSA) is 47.6 Å². The minimum Gasteiger partial charge on any atom is -0.493 e. The van der Waals surface area contributed by atoms with Crippen LogP contribution in [0, 0.1) is 6.92 Å². The van der Waals surface area contributed by atoms with Crippen molar-refractivity contribution >= 4 is 5.91 Å². The molecule has 0 atom stereocenters. The van der Waals surface area contributed by atoms with Crippen LogP contribution < -0.4 is 14.8 Å². The fraction of sp³-hybridized carbons (Fsp3) is 0.273. The summed E-state index contributed by atoms with van der Waals surface area (Å²) in [5.74, 6) is 0.962. The molecule has 0 aliphatic carbocycles. The van der Waals surface area contributed by atoms with Gasteiger partial charge in [0.25, 0.3) is 5.91 Å². The second-order valence-electron chi connectivity index (χ2n) is 2.83. The van der Waals surface area contributed by atoms with Gasteiger partial charge in [-0.2, -0.15) is 0 Å². The van der Waals surface area contributed by atoms with Gasteiger partial charge in [-0.3, -0.25) is 4.79 Å². The van der Waals surface area contributed by atoms with Crippen LogP contribution in [0.2, 0.25) is 0 Å². The molecular formula is C11H14NO3. The highest BCUT2D eigenvalue weighted by atomic mass is 16.5. The van der Waals surface area contributed by atoms with E-state index in [-0.39, 0.29) is 5.91 Å². The number of carbonyl (C=O) groups excluding carboxylic acids is 1. The normalized spacial score (nSPS) is 9.53. The Hall–Kier alpha value is -1.71. The zero-order chi connectivity index (χ0) is 11.3. The largest absolute Gasteiger partial charge is 0.493 e. The van der Waals surface area contributed by atoms with Crippen molar-refractivity contribution in [2.24, 2.45) is 0 Å². The number of ether oxygens (including phenoxy) is 2. The predicted octanol–water partition coefficient (Wildman–Crippen LogP) is 1.27. The Balaban J connectivity index is 2.97. The van der Waals surface area contributed by atoms with Crippen LogP contribution in [-0.4, -0.2) is 26.7 Å². The SMILES string of the molecule is [CH2]CNC(=O)c1ccc(OC)c(OC)c1. The van der Waals surface area contributed by atoms with Crippen molar-refractivity contribution in [1.29, 1.82) is 0 Å². The molecule has 81 valence electrons. The first-order chi connectivity index (χ1) is 7.22. The van der Waals surface area contributed by atoms with Gasteiger partial charge in [0.1, 0.15) is 0 Å². The molecule has 0 aliphatic heterocycles. The lowest BCUT2D eigenvalue weighted by atomic mass is 10.2. The molecule has 1 rings (SSSR count). The van der Waals surface area contributed by atoms with Gasteiger partial charge in [-0.1, -0.05) is 0 Å². The van der Waals surface area contributed by atoms with Crippen molar-refractivity contribution in [3.63, 3.8) is 0 Å². The molecule has 0 unspecified atom stereocenters. The second kappa shape index (κ2) is 5.24. The lowest BCUT2D eigenvalue weighted by molar-refractivity contribution is 0.0957. The van der Waals surface area contributed by atoms with Crippen LogP contribution in [0.1, 0.15) is 10.4 Å². The third-order valence-corrected chi connectivity index (χ3v) is 1.93. The van der Waals surface area contributed by atoms with E-state index in [9.17, 15) is 4.79 Å². The monoisotopic (exact) mass is 208 g/mol. The summed E-state index contributed by atoms with van der Waals surface area (Å²) in [6.07, 6.45) is 0. The van der Waals surface area contributed by atoms with Crippen LogP contribution in [0.3, 0.4) is 0 Å². The van der Waals surface area contributed by atoms with Gasteiger partial charge in [0.15, 0.2) is 11.5 Å². The summed E-state index contributed by atoms with van der Waals surface area (Å²) in [5.41, 5.74) is 0.524. The summed E-state index contributed by atoms with van der Waals surface area (Å²) in [6.45, 7) is 3.89. The molecule has 1 aromatic rings. The average Bonchev–Trinajstić information content (AvgIpc) is 2.28. The fourth-order valence-electron chi connectivity index (χ4n) is 1.19. The van der Waals surface area contributed by atoms with E-state index < -0.39 is 0 Å². The molecule has 1 radical (unpaired) electrons. The summed E-state index contributed by atoms with van der Waals surface area (Å²) in [4.78, 5) is 11.5. The van der Waals surface area contributed by atoms with E-state index in [0.717, 1.165) is 0 Å². The Morgan fingerprint density at radius 2 is 2.00 bits per heavy atom. The smallest absolute Gasteiger partial charge is 0.251 e. The summed E-state index contributed by atoms with van der Waals surface area (Å²) in [5, 5.41) is 2.60. The van der Waals surface area contributed by atoms with E-state index in [0.29, 0.717) is 23.6 Å². The third-order valence-electron chi connectivity index (χ3n) is 1.93. The van der Waals surface area contributed by atoms with Crippen LogP contribution in [0.5, 0.6) is 11.5 Å². The molecule has 1 N–H and O–H groups in total. The molecular weight excluding hydrogens is 194 g/mol. The summed E-state index contributed by atoms with van der Waals surface area (Å²) in [6, 6.07) is 4.99. The number of methoxy groups -OCH3 is 2. The van der Waals surface area contributed by atoms with Crippen molar-refractivity contribution < 1.29 is 14.3 Å². The number of rotatable bonds is 4. The molecule has 0 aromatic heterocycles. The molecule has 0 aliphatic rings. The first-order valence-electron chi connectivity index (χ1n) is 4.52. The number of hydrogen-bond acceptors (Lipinski definition) is 3. The lowest BCUT2D eigenvalue weighted by Crippen LogP contribution is -2.22. The molecule has 0 bridgehead atoms. The zero-order valence-corrected chi connectivity index (χ0v) is 8.87. The lowest BCUT2D eigenvalue weighted by Gasteiger charge is -2.09. The van der Waals surface area contributed by atoms with Crippen LogP contribution in [0.15, 0.2) is 18.2 Å². The van der Waals surface area contributed by atoms with Gasteiger partial charge in [-0.15, -0.1) is 0 Å². The predicted molar refractivity (Wildman–Crippen MR) is 57.2 cm³/mol. The van der Waals surface area contributed by atoms with Gasteiger partial charge >= 0.3 is 0 Å². The van der Waals surface area contributed by atoms with E-state index >= 15 is 0 Å². The Morgan fingerprint density at radius 1 is 1.33 bits per heavy atom. The van der Waals surface area contributed by atoms with Crippen LogP contribution in [-0.2, 0) is 0 Å².